The van der Waals surface area contributed by atoms with E-state index in [0.29, 0.717) is 17.6 Å². The molecule has 0 aliphatic heterocycles. The summed E-state index contributed by atoms with van der Waals surface area (Å²) in [4.78, 5) is 6.66. The first kappa shape index (κ1) is 14.8. The molecule has 0 spiro atoms. The number of pyridine rings is 1. The third-order valence-electron chi connectivity index (χ3n) is 2.75. The predicted octanol–water partition coefficient (Wildman–Crippen LogP) is 2.36. The standard InChI is InChI=1S/C14H26N4/c1-10(2)8-12(9-18(4)5)17-14-13(15)7-6-11(3)16-14/h6-7,10,12H,8-9,15H2,1-5H3,(H,16,17). The first-order chi connectivity index (χ1) is 8.38. The second-order valence-electron chi connectivity index (χ2n) is 5.62. The van der Waals surface area contributed by atoms with E-state index in [1.807, 2.05) is 19.1 Å². The maximum absolute atomic E-state index is 5.96. The van der Waals surface area contributed by atoms with Gasteiger partial charge in [-0.3, -0.25) is 0 Å². The first-order valence-corrected chi connectivity index (χ1v) is 6.53. The smallest absolute Gasteiger partial charge is 0.149 e. The number of aryl methyl sites for hydroxylation is 1. The van der Waals surface area contributed by atoms with Crippen molar-refractivity contribution >= 4 is 11.5 Å². The van der Waals surface area contributed by atoms with Crippen LogP contribution in [0.25, 0.3) is 0 Å². The van der Waals surface area contributed by atoms with E-state index in [2.05, 4.69) is 43.1 Å². The lowest BCUT2D eigenvalue weighted by atomic mass is 10.0. The highest BCUT2D eigenvalue weighted by Gasteiger charge is 2.14. The van der Waals surface area contributed by atoms with Crippen molar-refractivity contribution in [2.75, 3.05) is 31.7 Å². The Bertz CT molecular complexity index is 364. The molecule has 1 heterocycles. The molecule has 3 N–H and O–H groups in total. The van der Waals surface area contributed by atoms with E-state index in [-0.39, 0.29) is 0 Å². The van der Waals surface area contributed by atoms with E-state index >= 15 is 0 Å². The number of hydrogen-bond donors (Lipinski definition) is 2. The van der Waals surface area contributed by atoms with Crippen molar-refractivity contribution in [2.24, 2.45) is 5.92 Å². The topological polar surface area (TPSA) is 54.2 Å². The summed E-state index contributed by atoms with van der Waals surface area (Å²) in [5, 5.41) is 3.47. The van der Waals surface area contributed by atoms with Crippen LogP contribution in [0.1, 0.15) is 26.0 Å². The molecule has 0 fully saturated rings. The molecule has 4 nitrogen and oxygen atoms in total. The van der Waals surface area contributed by atoms with Gasteiger partial charge in [0.1, 0.15) is 5.82 Å². The molecule has 1 aromatic heterocycles. The number of nitrogens with zero attached hydrogens (tertiary/aromatic N) is 2. The molecule has 4 heteroatoms. The largest absolute Gasteiger partial charge is 0.396 e. The first-order valence-electron chi connectivity index (χ1n) is 6.53. The van der Waals surface area contributed by atoms with Crippen molar-refractivity contribution in [2.45, 2.75) is 33.2 Å². The average molecular weight is 250 g/mol. The zero-order valence-electron chi connectivity index (χ0n) is 12.2. The van der Waals surface area contributed by atoms with E-state index in [1.165, 1.54) is 0 Å². The van der Waals surface area contributed by atoms with Crippen molar-refractivity contribution < 1.29 is 0 Å². The molecule has 0 amide bonds. The Morgan fingerprint density at radius 3 is 2.56 bits per heavy atom. The summed E-state index contributed by atoms with van der Waals surface area (Å²) in [5.41, 5.74) is 7.66. The quantitative estimate of drug-likeness (QED) is 0.814. The molecular weight excluding hydrogens is 224 g/mol. The van der Waals surface area contributed by atoms with Gasteiger partial charge in [-0.15, -0.1) is 0 Å². The lowest BCUT2D eigenvalue weighted by Crippen LogP contribution is -2.34. The van der Waals surface area contributed by atoms with Crippen LogP contribution in [0.5, 0.6) is 0 Å². The van der Waals surface area contributed by atoms with Crippen LogP contribution in [0.3, 0.4) is 0 Å². The number of hydrogen-bond acceptors (Lipinski definition) is 4. The highest BCUT2D eigenvalue weighted by atomic mass is 15.1. The Morgan fingerprint density at radius 1 is 1.33 bits per heavy atom. The van der Waals surface area contributed by atoms with Crippen molar-refractivity contribution in [1.29, 1.82) is 0 Å². The second kappa shape index (κ2) is 6.59. The molecule has 0 aliphatic carbocycles. The average Bonchev–Trinajstić information content (AvgIpc) is 2.21. The van der Waals surface area contributed by atoms with Crippen LogP contribution in [0.15, 0.2) is 12.1 Å². The minimum atomic E-state index is 0.372. The normalized spacial score (nSPS) is 13.1. The zero-order chi connectivity index (χ0) is 13.7. The van der Waals surface area contributed by atoms with Gasteiger partial charge in [0, 0.05) is 18.3 Å². The Hall–Kier alpha value is -1.29. The van der Waals surface area contributed by atoms with E-state index in [4.69, 9.17) is 5.73 Å². The summed E-state index contributed by atoms with van der Waals surface area (Å²) in [7, 11) is 4.17. The Kier molecular flexibility index (Phi) is 5.41. The lowest BCUT2D eigenvalue weighted by Gasteiger charge is -2.25. The van der Waals surface area contributed by atoms with Gasteiger partial charge in [0.2, 0.25) is 0 Å². The molecule has 0 radical (unpaired) electrons. The van der Waals surface area contributed by atoms with Crippen LogP contribution >= 0.6 is 0 Å². The third kappa shape index (κ3) is 4.92. The summed E-state index contributed by atoms with van der Waals surface area (Å²) < 4.78 is 0. The van der Waals surface area contributed by atoms with Gasteiger partial charge in [0.05, 0.1) is 5.69 Å². The summed E-state index contributed by atoms with van der Waals surface area (Å²) in [6.07, 6.45) is 1.10. The maximum atomic E-state index is 5.96. The second-order valence-corrected chi connectivity index (χ2v) is 5.62. The fourth-order valence-electron chi connectivity index (χ4n) is 2.07. The maximum Gasteiger partial charge on any atom is 0.149 e. The van der Waals surface area contributed by atoms with Gasteiger partial charge in [-0.1, -0.05) is 13.8 Å². The fraction of sp³-hybridized carbons (Fsp3) is 0.643. The fourth-order valence-corrected chi connectivity index (χ4v) is 2.07. The molecule has 0 aromatic carbocycles. The van der Waals surface area contributed by atoms with Crippen molar-refractivity contribution in [3.8, 4) is 0 Å². The number of anilines is 2. The molecule has 0 saturated carbocycles. The number of nitrogens with one attached hydrogen (secondary N) is 1. The van der Waals surface area contributed by atoms with E-state index in [9.17, 15) is 0 Å². The highest BCUT2D eigenvalue weighted by molar-refractivity contribution is 5.61. The highest BCUT2D eigenvalue weighted by Crippen LogP contribution is 2.18. The molecule has 0 aliphatic rings. The monoisotopic (exact) mass is 250 g/mol. The SMILES string of the molecule is Cc1ccc(N)c(NC(CC(C)C)CN(C)C)n1. The van der Waals surface area contributed by atoms with Gasteiger partial charge >= 0.3 is 0 Å². The number of rotatable bonds is 6. The Balaban J connectivity index is 2.77. The third-order valence-corrected chi connectivity index (χ3v) is 2.75. The summed E-state index contributed by atoms with van der Waals surface area (Å²) in [5.74, 6) is 1.45. The van der Waals surface area contributed by atoms with Gasteiger partial charge in [-0.05, 0) is 45.5 Å². The minimum Gasteiger partial charge on any atom is -0.396 e. The van der Waals surface area contributed by atoms with Crippen molar-refractivity contribution in [1.82, 2.24) is 9.88 Å². The van der Waals surface area contributed by atoms with Gasteiger partial charge in [0.25, 0.3) is 0 Å². The van der Waals surface area contributed by atoms with Crippen LogP contribution in [-0.4, -0.2) is 36.6 Å². The number of aromatic nitrogens is 1. The van der Waals surface area contributed by atoms with E-state index in [0.717, 1.165) is 24.5 Å². The zero-order valence-corrected chi connectivity index (χ0v) is 12.2. The Morgan fingerprint density at radius 2 is 2.00 bits per heavy atom. The van der Waals surface area contributed by atoms with Crippen LogP contribution < -0.4 is 11.1 Å². The molecule has 1 atom stereocenters. The van der Waals surface area contributed by atoms with Gasteiger partial charge in [0.15, 0.2) is 0 Å². The van der Waals surface area contributed by atoms with Gasteiger partial charge in [-0.2, -0.15) is 0 Å². The number of nitrogens with two attached hydrogens (primary N) is 1. The molecular formula is C14H26N4. The van der Waals surface area contributed by atoms with Crippen LogP contribution in [-0.2, 0) is 0 Å². The van der Waals surface area contributed by atoms with Crippen LogP contribution in [0, 0.1) is 12.8 Å². The van der Waals surface area contributed by atoms with Crippen molar-refractivity contribution in [3.63, 3.8) is 0 Å². The minimum absolute atomic E-state index is 0.372. The summed E-state index contributed by atoms with van der Waals surface area (Å²) >= 11 is 0. The van der Waals surface area contributed by atoms with E-state index < -0.39 is 0 Å². The van der Waals surface area contributed by atoms with Crippen molar-refractivity contribution in [3.05, 3.63) is 17.8 Å². The van der Waals surface area contributed by atoms with E-state index in [1.54, 1.807) is 0 Å². The van der Waals surface area contributed by atoms with Crippen LogP contribution in [0.2, 0.25) is 0 Å². The molecule has 1 rings (SSSR count). The molecule has 102 valence electrons. The molecule has 1 aromatic rings. The van der Waals surface area contributed by atoms with Crippen LogP contribution in [0.4, 0.5) is 11.5 Å². The lowest BCUT2D eigenvalue weighted by molar-refractivity contribution is 0.356. The molecule has 1 unspecified atom stereocenters. The molecule has 18 heavy (non-hydrogen) atoms. The number of likely N-dealkylation sites (N-methyl/N-ethyl adjacent to an activating group) is 1. The Labute approximate surface area is 111 Å². The molecule has 0 saturated heterocycles. The van der Waals surface area contributed by atoms with Gasteiger partial charge in [-0.25, -0.2) is 4.98 Å². The summed E-state index contributed by atoms with van der Waals surface area (Å²) in [6, 6.07) is 4.22. The number of nitrogen functional groups attached to an aromatic ring is 1. The molecule has 0 bridgehead atoms. The van der Waals surface area contributed by atoms with Gasteiger partial charge < -0.3 is 16.0 Å². The summed E-state index contributed by atoms with van der Waals surface area (Å²) in [6.45, 7) is 7.43. The predicted molar refractivity (Wildman–Crippen MR) is 78.8 cm³/mol.